The Morgan fingerprint density at radius 2 is 2.00 bits per heavy atom. The lowest BCUT2D eigenvalue weighted by Gasteiger charge is -2.25. The lowest BCUT2D eigenvalue weighted by molar-refractivity contribution is -0.157. The average molecular weight is 220 g/mol. The van der Waals surface area contributed by atoms with Crippen molar-refractivity contribution in [3.63, 3.8) is 0 Å². The summed E-state index contributed by atoms with van der Waals surface area (Å²) in [6, 6.07) is 0. The van der Waals surface area contributed by atoms with Gasteiger partial charge in [-0.25, -0.2) is 9.18 Å². The smallest absolute Gasteiger partial charge is 0.354 e. The molecule has 0 aromatic rings. The van der Waals surface area contributed by atoms with Crippen molar-refractivity contribution in [1.29, 1.82) is 0 Å². The van der Waals surface area contributed by atoms with Crippen LogP contribution in [0.15, 0.2) is 0 Å². The summed E-state index contributed by atoms with van der Waals surface area (Å²) < 4.78 is 18.6. The van der Waals surface area contributed by atoms with Crippen LogP contribution in [0.25, 0.3) is 0 Å². The largest absolute Gasteiger partial charge is 0.459 e. The van der Waals surface area contributed by atoms with Gasteiger partial charge in [0.1, 0.15) is 6.10 Å². The minimum atomic E-state index is -1.89. The van der Waals surface area contributed by atoms with Crippen LogP contribution in [0.4, 0.5) is 4.39 Å². The molecule has 1 atom stereocenters. The van der Waals surface area contributed by atoms with Gasteiger partial charge in [0.05, 0.1) is 0 Å². The molecule has 0 N–H and O–H groups in total. The number of thioether (sulfide) groups is 1. The molecule has 0 aromatic carbocycles. The summed E-state index contributed by atoms with van der Waals surface area (Å²) in [5, 5.41) is -1.89. The summed E-state index contributed by atoms with van der Waals surface area (Å²) in [6.07, 6.45) is 6.65. The molecule has 1 rings (SSSR count). The fourth-order valence-corrected chi connectivity index (χ4v) is 1.74. The molecule has 0 saturated heterocycles. The number of halogens is 1. The van der Waals surface area contributed by atoms with E-state index >= 15 is 0 Å². The lowest BCUT2D eigenvalue weighted by Crippen LogP contribution is -2.32. The zero-order valence-electron chi connectivity index (χ0n) is 8.72. The van der Waals surface area contributed by atoms with Crippen molar-refractivity contribution >= 4 is 17.7 Å². The van der Waals surface area contributed by atoms with Gasteiger partial charge in [0.2, 0.25) is 5.00 Å². The van der Waals surface area contributed by atoms with Crippen LogP contribution in [0.3, 0.4) is 0 Å². The van der Waals surface area contributed by atoms with Gasteiger partial charge in [-0.05, 0) is 38.9 Å². The van der Waals surface area contributed by atoms with Gasteiger partial charge >= 0.3 is 5.97 Å². The van der Waals surface area contributed by atoms with Crippen molar-refractivity contribution in [3.05, 3.63) is 0 Å². The number of hydrogen-bond donors (Lipinski definition) is 0. The summed E-state index contributed by atoms with van der Waals surface area (Å²) in [4.78, 5) is 11.3. The average Bonchev–Trinajstić information content (AvgIpc) is 2.19. The molecule has 0 aliphatic heterocycles. The highest BCUT2D eigenvalue weighted by molar-refractivity contribution is 8.00. The van der Waals surface area contributed by atoms with Crippen LogP contribution in [0, 0.1) is 0 Å². The number of carbonyl (C=O) groups excluding carboxylic acids is 1. The maximum Gasteiger partial charge on any atom is 0.354 e. The Morgan fingerprint density at radius 3 is 2.50 bits per heavy atom. The van der Waals surface area contributed by atoms with Gasteiger partial charge in [0, 0.05) is 0 Å². The molecular weight excluding hydrogens is 203 g/mol. The van der Waals surface area contributed by atoms with Crippen molar-refractivity contribution in [3.8, 4) is 0 Å². The van der Waals surface area contributed by atoms with E-state index in [1.807, 2.05) is 0 Å². The first-order valence-electron chi connectivity index (χ1n) is 5.01. The number of esters is 1. The van der Waals surface area contributed by atoms with E-state index in [1.165, 1.54) is 13.3 Å². The van der Waals surface area contributed by atoms with E-state index in [-0.39, 0.29) is 6.10 Å². The van der Waals surface area contributed by atoms with E-state index in [9.17, 15) is 9.18 Å². The van der Waals surface area contributed by atoms with Crippen molar-refractivity contribution in [1.82, 2.24) is 0 Å². The molecule has 1 saturated carbocycles. The Hall–Kier alpha value is -0.250. The SMILES string of the molecule is CSC(C)(F)C(=O)OC1CCCCC1. The third kappa shape index (κ3) is 3.15. The number of alkyl halides is 1. The Balaban J connectivity index is 2.39. The molecule has 0 heterocycles. The second-order valence-corrected chi connectivity index (χ2v) is 4.96. The van der Waals surface area contributed by atoms with E-state index in [4.69, 9.17) is 4.74 Å². The predicted octanol–water partition coefficient (Wildman–Crippen LogP) is 2.91. The first-order valence-corrected chi connectivity index (χ1v) is 6.24. The molecule has 0 amide bonds. The molecule has 14 heavy (non-hydrogen) atoms. The van der Waals surface area contributed by atoms with Gasteiger partial charge in [-0.15, -0.1) is 11.8 Å². The normalized spacial score (nSPS) is 22.8. The van der Waals surface area contributed by atoms with Gasteiger partial charge in [0.25, 0.3) is 0 Å². The molecule has 0 radical (unpaired) electrons. The highest BCUT2D eigenvalue weighted by atomic mass is 32.2. The Morgan fingerprint density at radius 1 is 1.43 bits per heavy atom. The maximum absolute atomic E-state index is 13.5. The number of carbonyl (C=O) groups is 1. The fraction of sp³-hybridized carbons (Fsp3) is 0.900. The Labute approximate surface area is 88.6 Å². The number of hydrogen-bond acceptors (Lipinski definition) is 3. The summed E-state index contributed by atoms with van der Waals surface area (Å²) in [7, 11) is 0. The van der Waals surface area contributed by atoms with Gasteiger partial charge in [0.15, 0.2) is 0 Å². The van der Waals surface area contributed by atoms with Crippen molar-refractivity contribution < 1.29 is 13.9 Å². The summed E-state index contributed by atoms with van der Waals surface area (Å²) >= 11 is 0.883. The fourth-order valence-electron chi connectivity index (χ4n) is 1.52. The highest BCUT2D eigenvalue weighted by Gasteiger charge is 2.35. The summed E-state index contributed by atoms with van der Waals surface area (Å²) in [6.45, 7) is 1.25. The molecule has 0 bridgehead atoms. The second-order valence-electron chi connectivity index (χ2n) is 3.79. The van der Waals surface area contributed by atoms with E-state index in [2.05, 4.69) is 0 Å². The third-order valence-electron chi connectivity index (χ3n) is 2.57. The monoisotopic (exact) mass is 220 g/mol. The highest BCUT2D eigenvalue weighted by Crippen LogP contribution is 2.28. The minimum absolute atomic E-state index is 0.0570. The first kappa shape index (κ1) is 11.8. The van der Waals surface area contributed by atoms with Crippen molar-refractivity contribution in [2.75, 3.05) is 6.26 Å². The Bertz CT molecular complexity index is 200. The molecule has 0 aromatic heterocycles. The molecule has 4 heteroatoms. The van der Waals surface area contributed by atoms with Crippen LogP contribution < -0.4 is 0 Å². The van der Waals surface area contributed by atoms with Crippen LogP contribution >= 0.6 is 11.8 Å². The van der Waals surface area contributed by atoms with E-state index in [0.717, 1.165) is 37.4 Å². The van der Waals surface area contributed by atoms with E-state index < -0.39 is 11.0 Å². The third-order valence-corrected chi connectivity index (χ3v) is 3.51. The Kier molecular flexibility index (Phi) is 4.23. The predicted molar refractivity (Wildman–Crippen MR) is 56.0 cm³/mol. The lowest BCUT2D eigenvalue weighted by atomic mass is 9.98. The van der Waals surface area contributed by atoms with E-state index in [0.29, 0.717) is 0 Å². The molecular formula is C10H17FO2S. The zero-order chi connectivity index (χ0) is 10.6. The van der Waals surface area contributed by atoms with Gasteiger partial charge < -0.3 is 4.74 Å². The van der Waals surface area contributed by atoms with Crippen LogP contribution in [0.5, 0.6) is 0 Å². The van der Waals surface area contributed by atoms with E-state index in [1.54, 1.807) is 6.26 Å². The zero-order valence-corrected chi connectivity index (χ0v) is 9.53. The topological polar surface area (TPSA) is 26.3 Å². The minimum Gasteiger partial charge on any atom is -0.459 e. The van der Waals surface area contributed by atoms with Crippen LogP contribution in [0.2, 0.25) is 0 Å². The number of rotatable bonds is 3. The molecule has 82 valence electrons. The van der Waals surface area contributed by atoms with Gasteiger partial charge in [-0.2, -0.15) is 0 Å². The van der Waals surface area contributed by atoms with Crippen LogP contribution in [0.1, 0.15) is 39.0 Å². The molecule has 1 aliphatic rings. The maximum atomic E-state index is 13.5. The number of ether oxygens (including phenoxy) is 1. The first-order chi connectivity index (χ1) is 6.56. The summed E-state index contributed by atoms with van der Waals surface area (Å²) in [5.41, 5.74) is 0. The van der Waals surface area contributed by atoms with Crippen LogP contribution in [-0.2, 0) is 9.53 Å². The molecule has 2 nitrogen and oxygen atoms in total. The summed E-state index contributed by atoms with van der Waals surface area (Å²) in [5.74, 6) is -0.725. The molecule has 0 spiro atoms. The van der Waals surface area contributed by atoms with Crippen LogP contribution in [-0.4, -0.2) is 23.3 Å². The molecule has 1 fully saturated rings. The molecule has 1 aliphatic carbocycles. The van der Waals surface area contributed by atoms with Crippen molar-refractivity contribution in [2.45, 2.75) is 50.1 Å². The van der Waals surface area contributed by atoms with Gasteiger partial charge in [-0.1, -0.05) is 6.42 Å². The standard InChI is InChI=1S/C10H17FO2S/c1-10(11,14-2)9(12)13-8-6-4-3-5-7-8/h8H,3-7H2,1-2H3. The van der Waals surface area contributed by atoms with Gasteiger partial charge in [-0.3, -0.25) is 0 Å². The quantitative estimate of drug-likeness (QED) is 0.684. The molecule has 1 unspecified atom stereocenters. The van der Waals surface area contributed by atoms with Crippen molar-refractivity contribution in [2.24, 2.45) is 0 Å². The second kappa shape index (κ2) is 5.01.